The third-order valence-corrected chi connectivity index (χ3v) is 4.12. The molecule has 5 nitrogen and oxygen atoms in total. The van der Waals surface area contributed by atoms with Gasteiger partial charge < -0.3 is 14.7 Å². The Kier molecular flexibility index (Phi) is 5.09. The number of nitrogens with zero attached hydrogens (tertiary/aromatic N) is 2. The van der Waals surface area contributed by atoms with Crippen molar-refractivity contribution in [3.05, 3.63) is 58.9 Å². The van der Waals surface area contributed by atoms with Crippen LogP contribution in [0, 0.1) is 12.7 Å². The quantitative estimate of drug-likeness (QED) is 0.865. The van der Waals surface area contributed by atoms with Gasteiger partial charge in [0.2, 0.25) is 0 Å². The first-order chi connectivity index (χ1) is 12.0. The molecule has 0 amide bonds. The van der Waals surface area contributed by atoms with E-state index in [0.717, 1.165) is 5.56 Å². The van der Waals surface area contributed by atoms with E-state index in [-0.39, 0.29) is 11.4 Å². The number of rotatable bonds is 4. The molecule has 130 valence electrons. The maximum Gasteiger partial charge on any atom is 0.335 e. The lowest BCUT2D eigenvalue weighted by Gasteiger charge is -2.29. The summed E-state index contributed by atoms with van der Waals surface area (Å²) in [7, 11) is 0. The number of morpholine rings is 1. The number of aliphatic imine (C=N–C) groups is 1. The molecule has 1 saturated heterocycles. The maximum atomic E-state index is 14.4. The number of hydrogen-bond acceptors (Lipinski definition) is 4. The van der Waals surface area contributed by atoms with Crippen molar-refractivity contribution in [2.24, 2.45) is 4.99 Å². The van der Waals surface area contributed by atoms with Gasteiger partial charge >= 0.3 is 5.97 Å². The lowest BCUT2D eigenvalue weighted by atomic mass is 10.1. The van der Waals surface area contributed by atoms with Crippen molar-refractivity contribution in [2.45, 2.75) is 6.92 Å². The third kappa shape index (κ3) is 4.03. The number of carboxylic acids is 1. The summed E-state index contributed by atoms with van der Waals surface area (Å²) in [6.07, 6.45) is 1.58. The van der Waals surface area contributed by atoms with Crippen LogP contribution >= 0.6 is 0 Å². The van der Waals surface area contributed by atoms with Crippen LogP contribution < -0.4 is 4.90 Å². The highest BCUT2D eigenvalue weighted by Crippen LogP contribution is 2.23. The summed E-state index contributed by atoms with van der Waals surface area (Å²) >= 11 is 0. The fraction of sp³-hybridized carbons (Fsp3) is 0.263. The van der Waals surface area contributed by atoms with Crippen molar-refractivity contribution in [3.63, 3.8) is 0 Å². The van der Waals surface area contributed by atoms with Crippen LogP contribution in [0.3, 0.4) is 0 Å². The van der Waals surface area contributed by atoms with Crippen LogP contribution in [-0.2, 0) is 4.74 Å². The van der Waals surface area contributed by atoms with Crippen molar-refractivity contribution in [1.82, 2.24) is 0 Å². The van der Waals surface area contributed by atoms with Crippen LogP contribution in [0.2, 0.25) is 0 Å². The Balaban J connectivity index is 1.77. The number of ether oxygens (including phenoxy) is 1. The molecule has 0 unspecified atom stereocenters. The number of carboxylic acid groups (broad SMARTS) is 1. The second-order valence-electron chi connectivity index (χ2n) is 5.87. The molecule has 1 aliphatic heterocycles. The minimum atomic E-state index is -0.973. The first kappa shape index (κ1) is 17.1. The Morgan fingerprint density at radius 1 is 1.24 bits per heavy atom. The maximum absolute atomic E-state index is 14.4. The molecule has 1 heterocycles. The molecule has 1 fully saturated rings. The van der Waals surface area contributed by atoms with Gasteiger partial charge in [-0.3, -0.25) is 4.99 Å². The van der Waals surface area contributed by atoms with E-state index in [0.29, 0.717) is 43.2 Å². The largest absolute Gasteiger partial charge is 0.478 e. The van der Waals surface area contributed by atoms with Crippen molar-refractivity contribution in [2.75, 3.05) is 31.2 Å². The number of hydrogen-bond donors (Lipinski definition) is 1. The van der Waals surface area contributed by atoms with Crippen LogP contribution in [0.4, 0.5) is 15.8 Å². The minimum Gasteiger partial charge on any atom is -0.478 e. The lowest BCUT2D eigenvalue weighted by molar-refractivity contribution is 0.0697. The molecule has 2 aromatic carbocycles. The van der Waals surface area contributed by atoms with Gasteiger partial charge in [0.1, 0.15) is 5.82 Å². The average molecular weight is 342 g/mol. The Labute approximate surface area is 145 Å². The van der Waals surface area contributed by atoms with Gasteiger partial charge in [-0.2, -0.15) is 0 Å². The second kappa shape index (κ2) is 7.44. The van der Waals surface area contributed by atoms with E-state index in [1.165, 1.54) is 12.1 Å². The van der Waals surface area contributed by atoms with Crippen LogP contribution in [0.15, 0.2) is 41.4 Å². The first-order valence-electron chi connectivity index (χ1n) is 8.05. The summed E-state index contributed by atoms with van der Waals surface area (Å²) in [5.74, 6) is -1.26. The van der Waals surface area contributed by atoms with Gasteiger partial charge in [-0.1, -0.05) is 6.07 Å². The zero-order chi connectivity index (χ0) is 17.8. The Morgan fingerprint density at radius 3 is 2.64 bits per heavy atom. The van der Waals surface area contributed by atoms with Crippen molar-refractivity contribution in [1.29, 1.82) is 0 Å². The zero-order valence-electron chi connectivity index (χ0n) is 13.9. The highest BCUT2D eigenvalue weighted by atomic mass is 19.1. The predicted molar refractivity (Wildman–Crippen MR) is 94.8 cm³/mol. The molecule has 0 spiro atoms. The Bertz CT molecular complexity index is 814. The molecule has 6 heteroatoms. The van der Waals surface area contributed by atoms with Crippen LogP contribution in [0.1, 0.15) is 21.5 Å². The highest BCUT2D eigenvalue weighted by Gasteiger charge is 2.15. The molecule has 2 aromatic rings. The van der Waals surface area contributed by atoms with Gasteiger partial charge in [0.25, 0.3) is 0 Å². The van der Waals surface area contributed by atoms with Gasteiger partial charge in [0.05, 0.1) is 30.2 Å². The average Bonchev–Trinajstić information content (AvgIpc) is 2.61. The minimum absolute atomic E-state index is 0.220. The summed E-state index contributed by atoms with van der Waals surface area (Å²) < 4.78 is 19.7. The summed E-state index contributed by atoms with van der Waals surface area (Å²) in [5.41, 5.74) is 2.85. The van der Waals surface area contributed by atoms with Gasteiger partial charge in [-0.05, 0) is 48.4 Å². The predicted octanol–water partition coefficient (Wildman–Crippen LogP) is 3.42. The van der Waals surface area contributed by atoms with Crippen molar-refractivity contribution in [3.8, 4) is 0 Å². The van der Waals surface area contributed by atoms with Gasteiger partial charge in [0.15, 0.2) is 0 Å². The monoisotopic (exact) mass is 342 g/mol. The lowest BCUT2D eigenvalue weighted by Crippen LogP contribution is -2.36. The number of aryl methyl sites for hydroxylation is 1. The molecule has 3 rings (SSSR count). The molecule has 0 atom stereocenters. The number of anilines is 1. The van der Waals surface area contributed by atoms with E-state index >= 15 is 0 Å². The van der Waals surface area contributed by atoms with E-state index in [2.05, 4.69) is 4.99 Å². The molecule has 0 bridgehead atoms. The number of carbonyl (C=O) groups is 1. The van der Waals surface area contributed by atoms with Crippen LogP contribution in [0.5, 0.6) is 0 Å². The van der Waals surface area contributed by atoms with E-state index in [1.807, 2.05) is 11.0 Å². The van der Waals surface area contributed by atoms with Gasteiger partial charge in [0, 0.05) is 19.3 Å². The van der Waals surface area contributed by atoms with E-state index in [1.54, 1.807) is 31.3 Å². The molecular weight excluding hydrogens is 323 g/mol. The molecule has 0 radical (unpaired) electrons. The molecule has 0 saturated carbocycles. The summed E-state index contributed by atoms with van der Waals surface area (Å²) in [4.78, 5) is 17.3. The van der Waals surface area contributed by atoms with Gasteiger partial charge in [-0.15, -0.1) is 0 Å². The molecular formula is C19H19FN2O3. The van der Waals surface area contributed by atoms with Crippen LogP contribution in [-0.4, -0.2) is 43.6 Å². The first-order valence-corrected chi connectivity index (χ1v) is 8.05. The normalized spacial score (nSPS) is 14.9. The van der Waals surface area contributed by atoms with Crippen molar-refractivity contribution < 1.29 is 19.0 Å². The third-order valence-electron chi connectivity index (χ3n) is 4.12. The van der Waals surface area contributed by atoms with Gasteiger partial charge in [-0.25, -0.2) is 9.18 Å². The molecule has 1 N–H and O–H groups in total. The number of benzene rings is 2. The standard InChI is InChI=1S/C19H19FN2O3/c1-13-10-15(19(23)24)3-4-17(13)21-12-14-2-5-18(16(20)11-14)22-6-8-25-9-7-22/h2-5,10-12H,6-9H2,1H3,(H,23,24). The van der Waals surface area contributed by atoms with E-state index in [9.17, 15) is 9.18 Å². The molecule has 0 aromatic heterocycles. The van der Waals surface area contributed by atoms with Crippen LogP contribution in [0.25, 0.3) is 0 Å². The Hall–Kier alpha value is -2.73. The SMILES string of the molecule is Cc1cc(C(=O)O)ccc1N=Cc1ccc(N2CCOCC2)c(F)c1. The van der Waals surface area contributed by atoms with E-state index < -0.39 is 5.97 Å². The van der Waals surface area contributed by atoms with E-state index in [4.69, 9.17) is 9.84 Å². The smallest absolute Gasteiger partial charge is 0.335 e. The molecule has 25 heavy (non-hydrogen) atoms. The summed E-state index contributed by atoms with van der Waals surface area (Å²) in [6.45, 7) is 4.36. The Morgan fingerprint density at radius 2 is 2.00 bits per heavy atom. The molecule has 0 aliphatic carbocycles. The number of aromatic carboxylic acids is 1. The number of halogens is 1. The highest BCUT2D eigenvalue weighted by molar-refractivity contribution is 5.89. The molecule has 1 aliphatic rings. The van der Waals surface area contributed by atoms with Crippen molar-refractivity contribution >= 4 is 23.6 Å². The zero-order valence-corrected chi connectivity index (χ0v) is 13.9. The summed E-state index contributed by atoms with van der Waals surface area (Å²) in [6, 6.07) is 9.74. The second-order valence-corrected chi connectivity index (χ2v) is 5.87. The fourth-order valence-corrected chi connectivity index (χ4v) is 2.74. The fourth-order valence-electron chi connectivity index (χ4n) is 2.74. The topological polar surface area (TPSA) is 62.1 Å². The summed E-state index contributed by atoms with van der Waals surface area (Å²) in [5, 5.41) is 8.98.